The first-order chi connectivity index (χ1) is 17.6. The number of ether oxygens (including phenoxy) is 6. The Bertz CT molecular complexity index is 856. The summed E-state index contributed by atoms with van der Waals surface area (Å²) in [6, 6.07) is 0. The number of fused-ring (bicyclic) bond motifs is 3. The topological polar surface area (TPSA) is 261 Å². The van der Waals surface area contributed by atoms with Gasteiger partial charge in [-0.2, -0.15) is 0 Å². The molecule has 1 saturated carbocycles. The van der Waals surface area contributed by atoms with E-state index in [1.54, 1.807) is 0 Å². The van der Waals surface area contributed by atoms with Crippen molar-refractivity contribution in [3.05, 3.63) is 12.3 Å². The molecule has 0 bridgehead atoms. The van der Waals surface area contributed by atoms with Crippen molar-refractivity contribution >= 4 is 0 Å². The summed E-state index contributed by atoms with van der Waals surface area (Å²) in [7, 11) is 0. The van der Waals surface area contributed by atoms with E-state index in [1.165, 1.54) is 6.08 Å². The van der Waals surface area contributed by atoms with Crippen molar-refractivity contribution in [1.82, 2.24) is 0 Å². The minimum absolute atomic E-state index is 0.648. The SMILES string of the molecule is OCC1OC(OC2OC=CC3(OC4OC(CO)C(O)C(O)C4O)C(O)C4OC4(CO)C23)C(O)C(O)C1O. The van der Waals surface area contributed by atoms with Gasteiger partial charge in [-0.15, -0.1) is 0 Å². The number of aliphatic hydroxyl groups excluding tert-OH is 10. The standard InChI is InChI=1S/C21H32O16/c22-3-6-8(25)10(27)12(29)17(33-6)35-19-14-20(1-2-32-19,15(31)16-21(14,5-24)36-16)37-18-13(30)11(28)9(26)7(4-23)34-18/h1-2,6-19,22-31H,3-5H2. The predicted octanol–water partition coefficient (Wildman–Crippen LogP) is -6.65. The molecule has 0 aromatic rings. The highest BCUT2D eigenvalue weighted by atomic mass is 16.8. The quantitative estimate of drug-likeness (QED) is 0.135. The van der Waals surface area contributed by atoms with Crippen LogP contribution in [0.2, 0.25) is 0 Å². The monoisotopic (exact) mass is 540 g/mol. The maximum absolute atomic E-state index is 11.2. The van der Waals surface area contributed by atoms with Gasteiger partial charge in [0.05, 0.1) is 32.0 Å². The molecule has 4 fully saturated rings. The summed E-state index contributed by atoms with van der Waals surface area (Å²) in [5.41, 5.74) is -3.34. The van der Waals surface area contributed by atoms with Crippen LogP contribution in [0.25, 0.3) is 0 Å². The number of hydrogen-bond acceptors (Lipinski definition) is 16. The number of aliphatic hydroxyl groups is 10. The molecule has 16 atom stereocenters. The van der Waals surface area contributed by atoms with Crippen molar-refractivity contribution in [3.8, 4) is 0 Å². The first kappa shape index (κ1) is 27.5. The van der Waals surface area contributed by atoms with Crippen molar-refractivity contribution in [2.45, 2.75) is 91.1 Å². The molecule has 16 nitrogen and oxygen atoms in total. The molecule has 16 unspecified atom stereocenters. The molecule has 212 valence electrons. The Morgan fingerprint density at radius 2 is 1.27 bits per heavy atom. The van der Waals surface area contributed by atoms with Gasteiger partial charge in [0.25, 0.3) is 0 Å². The Morgan fingerprint density at radius 1 is 0.703 bits per heavy atom. The Labute approximate surface area is 209 Å². The third-order valence-electron chi connectivity index (χ3n) is 7.88. The van der Waals surface area contributed by atoms with Crippen LogP contribution in [0.3, 0.4) is 0 Å². The molecule has 1 aliphatic carbocycles. The van der Waals surface area contributed by atoms with E-state index in [-0.39, 0.29) is 0 Å². The summed E-state index contributed by atoms with van der Waals surface area (Å²) in [5, 5.41) is 102. The molecule has 3 saturated heterocycles. The van der Waals surface area contributed by atoms with Crippen LogP contribution in [0.1, 0.15) is 0 Å². The first-order valence-electron chi connectivity index (χ1n) is 11.8. The van der Waals surface area contributed by atoms with E-state index in [0.717, 1.165) is 6.26 Å². The predicted molar refractivity (Wildman–Crippen MR) is 111 cm³/mol. The Hall–Kier alpha value is -1.06. The smallest absolute Gasteiger partial charge is 0.210 e. The van der Waals surface area contributed by atoms with Crippen molar-refractivity contribution in [2.75, 3.05) is 19.8 Å². The van der Waals surface area contributed by atoms with E-state index >= 15 is 0 Å². The third-order valence-corrected chi connectivity index (χ3v) is 7.88. The minimum Gasteiger partial charge on any atom is -0.472 e. The van der Waals surface area contributed by atoms with Gasteiger partial charge in [-0.1, -0.05) is 0 Å². The molecule has 4 heterocycles. The molecule has 5 aliphatic rings. The van der Waals surface area contributed by atoms with E-state index in [1.807, 2.05) is 0 Å². The Morgan fingerprint density at radius 3 is 1.84 bits per heavy atom. The van der Waals surface area contributed by atoms with Gasteiger partial charge >= 0.3 is 0 Å². The summed E-state index contributed by atoms with van der Waals surface area (Å²) < 4.78 is 33.7. The van der Waals surface area contributed by atoms with Crippen LogP contribution in [-0.2, 0) is 28.4 Å². The van der Waals surface area contributed by atoms with Gasteiger partial charge in [0.2, 0.25) is 6.29 Å². The van der Waals surface area contributed by atoms with Crippen LogP contribution in [0.15, 0.2) is 12.3 Å². The lowest BCUT2D eigenvalue weighted by Gasteiger charge is -2.49. The second kappa shape index (κ2) is 9.84. The molecule has 0 spiro atoms. The Kier molecular flexibility index (Phi) is 7.32. The van der Waals surface area contributed by atoms with Gasteiger partial charge in [0.15, 0.2) is 12.6 Å². The van der Waals surface area contributed by atoms with E-state index in [2.05, 4.69) is 0 Å². The molecule has 16 heteroatoms. The van der Waals surface area contributed by atoms with E-state index in [0.29, 0.717) is 0 Å². The summed E-state index contributed by atoms with van der Waals surface area (Å²) in [5.74, 6) is -1.23. The van der Waals surface area contributed by atoms with Crippen molar-refractivity contribution < 1.29 is 79.5 Å². The fourth-order valence-electron chi connectivity index (χ4n) is 5.73. The lowest BCUT2D eigenvalue weighted by atomic mass is 9.81. The molecule has 0 aromatic heterocycles. The first-order valence-corrected chi connectivity index (χ1v) is 11.8. The van der Waals surface area contributed by atoms with Gasteiger partial charge in [0.1, 0.15) is 72.2 Å². The van der Waals surface area contributed by atoms with Crippen molar-refractivity contribution in [1.29, 1.82) is 0 Å². The molecule has 37 heavy (non-hydrogen) atoms. The molecule has 0 aromatic carbocycles. The van der Waals surface area contributed by atoms with Crippen LogP contribution in [0, 0.1) is 5.92 Å². The molecule has 0 radical (unpaired) electrons. The van der Waals surface area contributed by atoms with E-state index in [4.69, 9.17) is 28.4 Å². The molecular weight excluding hydrogens is 508 g/mol. The Balaban J connectivity index is 1.44. The lowest BCUT2D eigenvalue weighted by molar-refractivity contribution is -0.371. The maximum Gasteiger partial charge on any atom is 0.210 e. The zero-order valence-corrected chi connectivity index (χ0v) is 19.3. The molecule has 0 amide bonds. The fourth-order valence-corrected chi connectivity index (χ4v) is 5.73. The van der Waals surface area contributed by atoms with E-state index in [9.17, 15) is 51.1 Å². The normalized spacial score (nSPS) is 56.9. The van der Waals surface area contributed by atoms with Gasteiger partial charge in [-0.25, -0.2) is 0 Å². The van der Waals surface area contributed by atoms with Crippen LogP contribution in [0.4, 0.5) is 0 Å². The summed E-state index contributed by atoms with van der Waals surface area (Å²) in [6.07, 6.45) is -18.0. The highest BCUT2D eigenvalue weighted by Crippen LogP contribution is 2.63. The molecule has 10 N–H and O–H groups in total. The van der Waals surface area contributed by atoms with Crippen molar-refractivity contribution in [2.24, 2.45) is 5.92 Å². The fraction of sp³-hybridized carbons (Fsp3) is 0.905. The second-order valence-corrected chi connectivity index (χ2v) is 9.88. The average Bonchev–Trinajstić information content (AvgIpc) is 3.59. The third kappa shape index (κ3) is 4.03. The highest BCUT2D eigenvalue weighted by Gasteiger charge is 2.82. The van der Waals surface area contributed by atoms with E-state index < -0.39 is 117 Å². The molecule has 5 rings (SSSR count). The summed E-state index contributed by atoms with van der Waals surface area (Å²) in [4.78, 5) is 0. The minimum atomic E-state index is -1.85. The van der Waals surface area contributed by atoms with Gasteiger partial charge in [0, 0.05) is 0 Å². The largest absolute Gasteiger partial charge is 0.472 e. The molecular formula is C21H32O16. The number of hydrogen-bond donors (Lipinski definition) is 10. The van der Waals surface area contributed by atoms with Crippen LogP contribution >= 0.6 is 0 Å². The number of rotatable bonds is 7. The van der Waals surface area contributed by atoms with Crippen LogP contribution in [0.5, 0.6) is 0 Å². The van der Waals surface area contributed by atoms with Gasteiger partial charge in [-0.3, -0.25) is 0 Å². The van der Waals surface area contributed by atoms with Crippen LogP contribution in [-0.4, -0.2) is 162 Å². The summed E-state index contributed by atoms with van der Waals surface area (Å²) >= 11 is 0. The van der Waals surface area contributed by atoms with Crippen LogP contribution < -0.4 is 0 Å². The summed E-state index contributed by atoms with van der Waals surface area (Å²) in [6.45, 7) is -2.09. The average molecular weight is 540 g/mol. The number of epoxide rings is 1. The van der Waals surface area contributed by atoms with Gasteiger partial charge < -0.3 is 79.5 Å². The highest BCUT2D eigenvalue weighted by molar-refractivity contribution is 5.33. The van der Waals surface area contributed by atoms with Crippen molar-refractivity contribution in [3.63, 3.8) is 0 Å². The maximum atomic E-state index is 11.2. The lowest BCUT2D eigenvalue weighted by Crippen LogP contribution is -2.65. The second-order valence-electron chi connectivity index (χ2n) is 9.88. The van der Waals surface area contributed by atoms with Gasteiger partial charge in [-0.05, 0) is 6.08 Å². The zero-order chi connectivity index (χ0) is 26.9. The molecule has 4 aliphatic heterocycles. The zero-order valence-electron chi connectivity index (χ0n) is 19.3.